The van der Waals surface area contributed by atoms with Crippen molar-refractivity contribution in [3.63, 3.8) is 0 Å². The van der Waals surface area contributed by atoms with Crippen LogP contribution in [0.25, 0.3) is 5.69 Å². The quantitative estimate of drug-likeness (QED) is 0.799. The fourth-order valence-electron chi connectivity index (χ4n) is 1.78. The molecule has 5 heteroatoms. The number of ether oxygens (including phenoxy) is 2. The van der Waals surface area contributed by atoms with Crippen LogP contribution in [-0.2, 0) is 5.88 Å². The Labute approximate surface area is 111 Å². The summed E-state index contributed by atoms with van der Waals surface area (Å²) in [7, 11) is 3.26. The Kier molecular flexibility index (Phi) is 3.77. The zero-order chi connectivity index (χ0) is 13.1. The maximum Gasteiger partial charge on any atom is 0.144 e. The Morgan fingerprint density at radius 3 is 2.61 bits per heavy atom. The topological polar surface area (TPSA) is 36.3 Å². The molecule has 0 aliphatic heterocycles. The lowest BCUT2D eigenvalue weighted by atomic mass is 10.2. The zero-order valence-corrected chi connectivity index (χ0v) is 11.4. The fraction of sp³-hybridized carbons (Fsp3) is 0.308. The summed E-state index contributed by atoms with van der Waals surface area (Å²) >= 11 is 5.86. The van der Waals surface area contributed by atoms with Crippen LogP contribution in [0.1, 0.15) is 11.3 Å². The number of methoxy groups -OCH3 is 2. The monoisotopic (exact) mass is 266 g/mol. The summed E-state index contributed by atoms with van der Waals surface area (Å²) in [5.41, 5.74) is 2.84. The number of alkyl halides is 1. The van der Waals surface area contributed by atoms with Crippen LogP contribution in [0, 0.1) is 6.92 Å². The number of aromatic nitrogens is 2. The van der Waals surface area contributed by atoms with E-state index in [0.29, 0.717) is 5.88 Å². The van der Waals surface area contributed by atoms with Crippen LogP contribution in [-0.4, -0.2) is 24.0 Å². The molecule has 0 aliphatic rings. The van der Waals surface area contributed by atoms with Crippen molar-refractivity contribution in [2.45, 2.75) is 12.8 Å². The van der Waals surface area contributed by atoms with Crippen LogP contribution < -0.4 is 9.47 Å². The van der Waals surface area contributed by atoms with Gasteiger partial charge in [-0.3, -0.25) is 0 Å². The predicted octanol–water partition coefficient (Wildman–Crippen LogP) is 2.94. The molecule has 0 aliphatic carbocycles. The molecule has 4 nitrogen and oxygen atoms in total. The van der Waals surface area contributed by atoms with Gasteiger partial charge < -0.3 is 9.47 Å². The van der Waals surface area contributed by atoms with Crippen molar-refractivity contribution in [3.05, 3.63) is 35.7 Å². The lowest BCUT2D eigenvalue weighted by molar-refractivity contribution is 0.400. The Bertz CT molecular complexity index is 552. The summed E-state index contributed by atoms with van der Waals surface area (Å²) in [5.74, 6) is 1.94. The number of halogens is 1. The van der Waals surface area contributed by atoms with Gasteiger partial charge in [-0.05, 0) is 19.1 Å². The van der Waals surface area contributed by atoms with Crippen LogP contribution in [0.3, 0.4) is 0 Å². The van der Waals surface area contributed by atoms with E-state index in [1.807, 2.05) is 25.1 Å². The predicted molar refractivity (Wildman–Crippen MR) is 71.0 cm³/mol. The van der Waals surface area contributed by atoms with E-state index in [0.717, 1.165) is 28.4 Å². The SMILES string of the molecule is COc1ccc(OC)c(-n2ncc(CCl)c2C)c1. The first kappa shape index (κ1) is 12.8. The number of benzene rings is 1. The molecule has 1 aromatic heterocycles. The van der Waals surface area contributed by atoms with Gasteiger partial charge in [0.05, 0.1) is 26.3 Å². The van der Waals surface area contributed by atoms with Crippen LogP contribution in [0.5, 0.6) is 11.5 Å². The molecule has 1 aromatic carbocycles. The van der Waals surface area contributed by atoms with Crippen molar-refractivity contribution < 1.29 is 9.47 Å². The first-order valence-electron chi connectivity index (χ1n) is 5.53. The Hall–Kier alpha value is -1.68. The van der Waals surface area contributed by atoms with E-state index in [9.17, 15) is 0 Å². The van der Waals surface area contributed by atoms with Crippen molar-refractivity contribution in [1.82, 2.24) is 9.78 Å². The molecule has 0 saturated heterocycles. The third kappa shape index (κ3) is 2.16. The number of hydrogen-bond donors (Lipinski definition) is 0. The Morgan fingerprint density at radius 2 is 2.06 bits per heavy atom. The van der Waals surface area contributed by atoms with E-state index < -0.39 is 0 Å². The van der Waals surface area contributed by atoms with Crippen LogP contribution in [0.4, 0.5) is 0 Å². The average Bonchev–Trinajstić information content (AvgIpc) is 2.78. The third-order valence-corrected chi connectivity index (χ3v) is 3.16. The highest BCUT2D eigenvalue weighted by atomic mass is 35.5. The van der Waals surface area contributed by atoms with Crippen molar-refractivity contribution >= 4 is 11.6 Å². The van der Waals surface area contributed by atoms with E-state index in [2.05, 4.69) is 5.10 Å². The smallest absolute Gasteiger partial charge is 0.144 e. The molecule has 1 heterocycles. The maximum absolute atomic E-state index is 5.86. The zero-order valence-electron chi connectivity index (χ0n) is 10.6. The van der Waals surface area contributed by atoms with Gasteiger partial charge in [-0.25, -0.2) is 4.68 Å². The number of nitrogens with zero attached hydrogens (tertiary/aromatic N) is 2. The van der Waals surface area contributed by atoms with E-state index in [4.69, 9.17) is 21.1 Å². The molecule has 0 atom stereocenters. The van der Waals surface area contributed by atoms with Crippen LogP contribution in [0.2, 0.25) is 0 Å². The first-order chi connectivity index (χ1) is 8.71. The molecule has 0 saturated carbocycles. The molecule has 2 rings (SSSR count). The van der Waals surface area contributed by atoms with Crippen molar-refractivity contribution in [3.8, 4) is 17.2 Å². The van der Waals surface area contributed by atoms with E-state index in [1.54, 1.807) is 25.1 Å². The summed E-state index contributed by atoms with van der Waals surface area (Å²) in [6, 6.07) is 5.59. The summed E-state index contributed by atoms with van der Waals surface area (Å²) < 4.78 is 12.4. The lowest BCUT2D eigenvalue weighted by Gasteiger charge is -2.12. The van der Waals surface area contributed by atoms with Gasteiger partial charge in [0.1, 0.15) is 17.2 Å². The highest BCUT2D eigenvalue weighted by Gasteiger charge is 2.12. The van der Waals surface area contributed by atoms with Gasteiger partial charge in [0.25, 0.3) is 0 Å². The molecule has 18 heavy (non-hydrogen) atoms. The largest absolute Gasteiger partial charge is 0.497 e. The second-order valence-electron chi connectivity index (χ2n) is 3.84. The maximum atomic E-state index is 5.86. The molecule has 0 N–H and O–H groups in total. The minimum absolute atomic E-state index is 0.443. The van der Waals surface area contributed by atoms with Crippen molar-refractivity contribution in [2.24, 2.45) is 0 Å². The van der Waals surface area contributed by atoms with E-state index in [-0.39, 0.29) is 0 Å². The molecule has 0 spiro atoms. The third-order valence-electron chi connectivity index (χ3n) is 2.87. The lowest BCUT2D eigenvalue weighted by Crippen LogP contribution is -2.02. The standard InChI is InChI=1S/C13H15ClN2O2/c1-9-10(7-14)8-15-16(9)12-6-11(17-2)4-5-13(12)18-3/h4-6,8H,7H2,1-3H3. The second kappa shape index (κ2) is 5.31. The summed E-state index contributed by atoms with van der Waals surface area (Å²) in [4.78, 5) is 0. The fourth-order valence-corrected chi connectivity index (χ4v) is 2.04. The second-order valence-corrected chi connectivity index (χ2v) is 4.11. The molecular formula is C13H15ClN2O2. The van der Waals surface area contributed by atoms with Gasteiger partial charge in [-0.2, -0.15) is 5.10 Å². The number of hydrogen-bond acceptors (Lipinski definition) is 3. The van der Waals surface area contributed by atoms with Gasteiger partial charge in [-0.1, -0.05) is 0 Å². The minimum Gasteiger partial charge on any atom is -0.497 e. The molecule has 0 fully saturated rings. The van der Waals surface area contributed by atoms with Gasteiger partial charge in [0.15, 0.2) is 0 Å². The van der Waals surface area contributed by atoms with Crippen molar-refractivity contribution in [1.29, 1.82) is 0 Å². The molecule has 0 bridgehead atoms. The molecule has 96 valence electrons. The highest BCUT2D eigenvalue weighted by molar-refractivity contribution is 6.17. The molecule has 2 aromatic rings. The Balaban J connectivity index is 2.57. The van der Waals surface area contributed by atoms with Gasteiger partial charge in [0.2, 0.25) is 0 Å². The molecule has 0 amide bonds. The van der Waals surface area contributed by atoms with Crippen LogP contribution in [0.15, 0.2) is 24.4 Å². The highest BCUT2D eigenvalue weighted by Crippen LogP contribution is 2.28. The normalized spacial score (nSPS) is 10.4. The van der Waals surface area contributed by atoms with Crippen LogP contribution >= 0.6 is 11.6 Å². The average molecular weight is 267 g/mol. The molecule has 0 unspecified atom stereocenters. The van der Waals surface area contributed by atoms with Gasteiger partial charge in [0, 0.05) is 17.3 Å². The van der Waals surface area contributed by atoms with E-state index >= 15 is 0 Å². The molecule has 0 radical (unpaired) electrons. The number of rotatable bonds is 4. The van der Waals surface area contributed by atoms with Crippen molar-refractivity contribution in [2.75, 3.05) is 14.2 Å². The van der Waals surface area contributed by atoms with E-state index in [1.165, 1.54) is 0 Å². The summed E-state index contributed by atoms with van der Waals surface area (Å²) in [6.45, 7) is 1.98. The Morgan fingerprint density at radius 1 is 1.28 bits per heavy atom. The minimum atomic E-state index is 0.443. The van der Waals surface area contributed by atoms with Gasteiger partial charge in [-0.15, -0.1) is 11.6 Å². The summed E-state index contributed by atoms with van der Waals surface area (Å²) in [6.07, 6.45) is 1.77. The first-order valence-corrected chi connectivity index (χ1v) is 6.06. The molecular weight excluding hydrogens is 252 g/mol. The van der Waals surface area contributed by atoms with Gasteiger partial charge >= 0.3 is 0 Å². The summed E-state index contributed by atoms with van der Waals surface area (Å²) in [5, 5.41) is 4.34.